The second kappa shape index (κ2) is 5.66. The molecule has 1 unspecified atom stereocenters. The molecule has 3 nitrogen and oxygen atoms in total. The van der Waals surface area contributed by atoms with Crippen LogP contribution in [0.25, 0.3) is 11.0 Å². The summed E-state index contributed by atoms with van der Waals surface area (Å²) in [5, 5.41) is 0.457. The van der Waals surface area contributed by atoms with Crippen molar-refractivity contribution in [1.82, 2.24) is 14.5 Å². The molecule has 3 aromatic rings. The standard InChI is InChI=1S/C16H15Cl2N3/c1-10-6-7-19-8-12(10)9-21-14-5-3-4-13(18)15(14)20-16(21)11(2)17/h3-8,11H,9H2,1-2H3. The van der Waals surface area contributed by atoms with Gasteiger partial charge in [0, 0.05) is 12.4 Å². The lowest BCUT2D eigenvalue weighted by Gasteiger charge is -2.12. The fraction of sp³-hybridized carbons (Fsp3) is 0.250. The van der Waals surface area contributed by atoms with Crippen molar-refractivity contribution in [2.45, 2.75) is 25.8 Å². The molecule has 5 heteroatoms. The third-order valence-corrected chi connectivity index (χ3v) is 4.09. The SMILES string of the molecule is Cc1ccncc1Cn1c(C(C)Cl)nc2c(Cl)cccc21. The van der Waals surface area contributed by atoms with Crippen LogP contribution in [0.1, 0.15) is 29.3 Å². The highest BCUT2D eigenvalue weighted by molar-refractivity contribution is 6.35. The molecule has 0 amide bonds. The minimum atomic E-state index is -0.189. The maximum Gasteiger partial charge on any atom is 0.128 e. The minimum absolute atomic E-state index is 0.189. The zero-order chi connectivity index (χ0) is 15.0. The van der Waals surface area contributed by atoms with Gasteiger partial charge in [0.1, 0.15) is 11.3 Å². The van der Waals surface area contributed by atoms with E-state index in [-0.39, 0.29) is 5.38 Å². The molecule has 0 radical (unpaired) electrons. The second-order valence-electron chi connectivity index (χ2n) is 5.08. The first-order valence-corrected chi connectivity index (χ1v) is 7.57. The van der Waals surface area contributed by atoms with Crippen molar-refractivity contribution >= 4 is 34.2 Å². The Kier molecular flexibility index (Phi) is 3.87. The smallest absolute Gasteiger partial charge is 0.128 e. The van der Waals surface area contributed by atoms with E-state index in [4.69, 9.17) is 23.2 Å². The van der Waals surface area contributed by atoms with Crippen LogP contribution in [-0.4, -0.2) is 14.5 Å². The van der Waals surface area contributed by atoms with Gasteiger partial charge in [-0.1, -0.05) is 17.7 Å². The van der Waals surface area contributed by atoms with E-state index in [0.717, 1.165) is 22.4 Å². The van der Waals surface area contributed by atoms with Crippen LogP contribution in [0, 0.1) is 6.92 Å². The van der Waals surface area contributed by atoms with Crippen molar-refractivity contribution in [2.24, 2.45) is 0 Å². The summed E-state index contributed by atoms with van der Waals surface area (Å²) in [6.07, 6.45) is 3.68. The highest BCUT2D eigenvalue weighted by Gasteiger charge is 2.17. The lowest BCUT2D eigenvalue weighted by atomic mass is 10.1. The molecule has 0 aliphatic rings. The first-order chi connectivity index (χ1) is 10.1. The van der Waals surface area contributed by atoms with Gasteiger partial charge in [0.25, 0.3) is 0 Å². The number of hydrogen-bond donors (Lipinski definition) is 0. The van der Waals surface area contributed by atoms with Crippen LogP contribution in [0.3, 0.4) is 0 Å². The summed E-state index contributed by atoms with van der Waals surface area (Å²) in [6.45, 7) is 4.68. The van der Waals surface area contributed by atoms with Gasteiger partial charge in [-0.05, 0) is 43.2 Å². The lowest BCUT2D eigenvalue weighted by molar-refractivity contribution is 0.737. The van der Waals surface area contributed by atoms with Gasteiger partial charge in [-0.15, -0.1) is 11.6 Å². The molecule has 1 atom stereocenters. The van der Waals surface area contributed by atoms with Gasteiger partial charge in [-0.2, -0.15) is 0 Å². The van der Waals surface area contributed by atoms with Gasteiger partial charge >= 0.3 is 0 Å². The zero-order valence-corrected chi connectivity index (χ0v) is 13.4. The maximum absolute atomic E-state index is 6.30. The van der Waals surface area contributed by atoms with Crippen LogP contribution < -0.4 is 0 Å². The number of rotatable bonds is 3. The summed E-state index contributed by atoms with van der Waals surface area (Å²) < 4.78 is 2.11. The monoisotopic (exact) mass is 319 g/mol. The Morgan fingerprint density at radius 1 is 1.29 bits per heavy atom. The number of para-hydroxylation sites is 1. The number of imidazole rings is 1. The van der Waals surface area contributed by atoms with E-state index >= 15 is 0 Å². The number of alkyl halides is 1. The lowest BCUT2D eigenvalue weighted by Crippen LogP contribution is -2.07. The van der Waals surface area contributed by atoms with Crippen molar-refractivity contribution in [3.63, 3.8) is 0 Å². The number of benzene rings is 1. The average molecular weight is 320 g/mol. The van der Waals surface area contributed by atoms with Crippen molar-refractivity contribution in [2.75, 3.05) is 0 Å². The molecule has 0 N–H and O–H groups in total. The first kappa shape index (κ1) is 14.4. The number of fused-ring (bicyclic) bond motifs is 1. The van der Waals surface area contributed by atoms with Gasteiger partial charge in [0.2, 0.25) is 0 Å². The minimum Gasteiger partial charge on any atom is -0.322 e. The summed E-state index contributed by atoms with van der Waals surface area (Å²) in [5.74, 6) is 0.822. The van der Waals surface area contributed by atoms with Crippen molar-refractivity contribution < 1.29 is 0 Å². The van der Waals surface area contributed by atoms with Crippen molar-refractivity contribution in [1.29, 1.82) is 0 Å². The van der Waals surface area contributed by atoms with E-state index in [1.54, 1.807) is 6.20 Å². The Balaban J connectivity index is 2.19. The van der Waals surface area contributed by atoms with E-state index in [9.17, 15) is 0 Å². The molecule has 0 bridgehead atoms. The number of halogens is 2. The van der Waals surface area contributed by atoms with E-state index in [1.165, 1.54) is 5.56 Å². The largest absolute Gasteiger partial charge is 0.322 e. The molecule has 1 aromatic carbocycles. The molecule has 0 aliphatic heterocycles. The maximum atomic E-state index is 6.30. The Hall–Kier alpha value is -1.58. The second-order valence-corrected chi connectivity index (χ2v) is 6.14. The highest BCUT2D eigenvalue weighted by Crippen LogP contribution is 2.29. The molecule has 0 saturated carbocycles. The van der Waals surface area contributed by atoms with Gasteiger partial charge in [0.05, 0.1) is 22.5 Å². The number of aryl methyl sites for hydroxylation is 1. The molecule has 108 valence electrons. The van der Waals surface area contributed by atoms with Gasteiger partial charge in [0.15, 0.2) is 0 Å². The predicted molar refractivity (Wildman–Crippen MR) is 87.1 cm³/mol. The quantitative estimate of drug-likeness (QED) is 0.653. The Labute approximate surface area is 133 Å². The fourth-order valence-electron chi connectivity index (χ4n) is 2.43. The van der Waals surface area contributed by atoms with E-state index in [2.05, 4.69) is 21.5 Å². The van der Waals surface area contributed by atoms with Crippen LogP contribution >= 0.6 is 23.2 Å². The molecule has 0 spiro atoms. The van der Waals surface area contributed by atoms with Crippen LogP contribution in [0.5, 0.6) is 0 Å². The summed E-state index contributed by atoms with van der Waals surface area (Å²) >= 11 is 12.5. The summed E-state index contributed by atoms with van der Waals surface area (Å²) in [6, 6.07) is 7.80. The normalized spacial score (nSPS) is 12.8. The molecule has 2 heterocycles. The van der Waals surface area contributed by atoms with Gasteiger partial charge < -0.3 is 4.57 Å². The third-order valence-electron chi connectivity index (χ3n) is 3.59. The molecule has 21 heavy (non-hydrogen) atoms. The summed E-state index contributed by atoms with van der Waals surface area (Å²) in [4.78, 5) is 8.82. The molecule has 3 rings (SSSR count). The van der Waals surface area contributed by atoms with Crippen LogP contribution in [0.2, 0.25) is 5.02 Å². The first-order valence-electron chi connectivity index (χ1n) is 6.76. The highest BCUT2D eigenvalue weighted by atomic mass is 35.5. The molecule has 0 fully saturated rings. The van der Waals surface area contributed by atoms with Crippen LogP contribution in [-0.2, 0) is 6.54 Å². The molecule has 0 saturated heterocycles. The Morgan fingerprint density at radius 3 is 2.81 bits per heavy atom. The Bertz CT molecular complexity index is 793. The number of hydrogen-bond acceptors (Lipinski definition) is 2. The topological polar surface area (TPSA) is 30.7 Å². The molecule has 2 aromatic heterocycles. The van der Waals surface area contributed by atoms with Gasteiger partial charge in [-0.25, -0.2) is 4.98 Å². The van der Waals surface area contributed by atoms with E-state index in [1.807, 2.05) is 37.4 Å². The predicted octanol–water partition coefficient (Wildman–Crippen LogP) is 4.74. The summed E-state index contributed by atoms with van der Waals surface area (Å²) in [7, 11) is 0. The molecular weight excluding hydrogens is 305 g/mol. The average Bonchev–Trinajstić information content (AvgIpc) is 2.82. The Morgan fingerprint density at radius 2 is 2.10 bits per heavy atom. The van der Waals surface area contributed by atoms with E-state index in [0.29, 0.717) is 11.6 Å². The van der Waals surface area contributed by atoms with Crippen LogP contribution in [0.4, 0.5) is 0 Å². The molecule has 0 aliphatic carbocycles. The number of aromatic nitrogens is 3. The number of nitrogens with zero attached hydrogens (tertiary/aromatic N) is 3. The zero-order valence-electron chi connectivity index (χ0n) is 11.8. The third kappa shape index (κ3) is 2.63. The van der Waals surface area contributed by atoms with Crippen LogP contribution in [0.15, 0.2) is 36.7 Å². The number of pyridine rings is 1. The van der Waals surface area contributed by atoms with Crippen molar-refractivity contribution in [3.8, 4) is 0 Å². The van der Waals surface area contributed by atoms with E-state index < -0.39 is 0 Å². The summed E-state index contributed by atoms with van der Waals surface area (Å²) in [5.41, 5.74) is 4.13. The molecular formula is C16H15Cl2N3. The van der Waals surface area contributed by atoms with Crippen molar-refractivity contribution in [3.05, 3.63) is 58.6 Å². The van der Waals surface area contributed by atoms with Gasteiger partial charge in [-0.3, -0.25) is 4.98 Å². The fourth-order valence-corrected chi connectivity index (χ4v) is 2.81.